The number of esters is 1. The van der Waals surface area contributed by atoms with Gasteiger partial charge in [0.05, 0.1) is 17.6 Å². The normalized spacial score (nSPS) is 17.2. The molecule has 2 aliphatic rings. The molecule has 3 N–H and O–H groups in total. The van der Waals surface area contributed by atoms with Crippen LogP contribution in [-0.2, 0) is 16.1 Å². The summed E-state index contributed by atoms with van der Waals surface area (Å²) in [6, 6.07) is 9.37. The molecule has 2 aromatic rings. The smallest absolute Gasteiger partial charge is 0.313 e. The van der Waals surface area contributed by atoms with Crippen LogP contribution in [-0.4, -0.2) is 43.0 Å². The molecule has 0 aliphatic carbocycles. The fraction of sp³-hybridized carbons (Fsp3) is 0.458. The molecule has 0 unspecified atom stereocenters. The zero-order valence-corrected chi connectivity index (χ0v) is 18.4. The van der Waals surface area contributed by atoms with Gasteiger partial charge in [0.15, 0.2) is 5.82 Å². The summed E-state index contributed by atoms with van der Waals surface area (Å²) in [4.78, 5) is 20.5. The van der Waals surface area contributed by atoms with Crippen LogP contribution in [0.25, 0.3) is 0 Å². The Balaban J connectivity index is 1.28. The molecule has 0 bridgehead atoms. The number of aryl methyl sites for hydroxylation is 1. The van der Waals surface area contributed by atoms with Gasteiger partial charge in [-0.25, -0.2) is 4.39 Å². The van der Waals surface area contributed by atoms with Crippen molar-refractivity contribution in [1.29, 1.82) is 5.41 Å². The van der Waals surface area contributed by atoms with Crippen LogP contribution in [0.15, 0.2) is 36.5 Å². The van der Waals surface area contributed by atoms with Gasteiger partial charge in [-0.1, -0.05) is 12.1 Å². The van der Waals surface area contributed by atoms with Crippen molar-refractivity contribution in [2.24, 2.45) is 17.6 Å². The number of pyridine rings is 1. The predicted molar refractivity (Wildman–Crippen MR) is 122 cm³/mol. The molecule has 7 nitrogen and oxygen atoms in total. The molecule has 1 aromatic heterocycles. The van der Waals surface area contributed by atoms with E-state index in [0.29, 0.717) is 23.1 Å². The molecule has 1 aromatic carbocycles. The summed E-state index contributed by atoms with van der Waals surface area (Å²) in [5, 5.41) is 7.13. The highest BCUT2D eigenvalue weighted by Gasteiger charge is 2.36. The van der Waals surface area contributed by atoms with Crippen molar-refractivity contribution in [1.82, 2.24) is 4.98 Å². The lowest BCUT2D eigenvalue weighted by molar-refractivity contribution is -0.143. The number of nitrogens with two attached hydrogens (primary N) is 1. The van der Waals surface area contributed by atoms with Crippen molar-refractivity contribution in [3.05, 3.63) is 53.6 Å². The summed E-state index contributed by atoms with van der Waals surface area (Å²) in [5.41, 5.74) is 8.31. The second-order valence-corrected chi connectivity index (χ2v) is 8.76. The fourth-order valence-electron chi connectivity index (χ4n) is 4.57. The standard InChI is InChI=1S/C24H30FN5O2/c1-16-5-6-20(12-28-16)29-9-7-17(8-10-29)19-13-30(14-19)21-4-2-3-18(24(21)25)15-32-23(31)11-22(26)27/h2-6,12,17,19H,7-11,13-15H2,1H3,(H3,26,27). The Morgan fingerprint density at radius 1 is 1.19 bits per heavy atom. The minimum atomic E-state index is -0.626. The number of anilines is 2. The molecule has 3 heterocycles. The van der Waals surface area contributed by atoms with E-state index in [1.807, 2.05) is 13.1 Å². The number of ether oxygens (including phenoxy) is 1. The zero-order valence-electron chi connectivity index (χ0n) is 18.4. The van der Waals surface area contributed by atoms with Gasteiger partial charge in [-0.05, 0) is 49.8 Å². The summed E-state index contributed by atoms with van der Waals surface area (Å²) in [7, 11) is 0. The summed E-state index contributed by atoms with van der Waals surface area (Å²) in [6.07, 6.45) is 3.95. The van der Waals surface area contributed by atoms with Crippen LogP contribution >= 0.6 is 0 Å². The topological polar surface area (TPSA) is 95.5 Å². The number of benzene rings is 1. The Labute approximate surface area is 187 Å². The number of piperidine rings is 1. The Kier molecular flexibility index (Phi) is 6.58. The summed E-state index contributed by atoms with van der Waals surface area (Å²) >= 11 is 0. The first-order valence-corrected chi connectivity index (χ1v) is 11.1. The lowest BCUT2D eigenvalue weighted by Crippen LogP contribution is -2.52. The van der Waals surface area contributed by atoms with Gasteiger partial charge < -0.3 is 20.3 Å². The number of halogens is 1. The first kappa shape index (κ1) is 22.0. The highest BCUT2D eigenvalue weighted by atomic mass is 19.1. The van der Waals surface area contributed by atoms with Crippen molar-refractivity contribution in [2.45, 2.75) is 32.8 Å². The van der Waals surface area contributed by atoms with E-state index in [1.165, 1.54) is 5.69 Å². The van der Waals surface area contributed by atoms with E-state index >= 15 is 0 Å². The van der Waals surface area contributed by atoms with Gasteiger partial charge in [0.2, 0.25) is 0 Å². The van der Waals surface area contributed by atoms with Crippen LogP contribution in [0.3, 0.4) is 0 Å². The number of hydrogen-bond donors (Lipinski definition) is 2. The summed E-state index contributed by atoms with van der Waals surface area (Å²) in [6.45, 7) is 5.60. The highest BCUT2D eigenvalue weighted by Crippen LogP contribution is 2.37. The number of nitrogens with one attached hydrogen (secondary N) is 1. The maximum absolute atomic E-state index is 15.0. The van der Waals surface area contributed by atoms with Crippen molar-refractivity contribution >= 4 is 23.2 Å². The average molecular weight is 440 g/mol. The molecule has 0 atom stereocenters. The van der Waals surface area contributed by atoms with Gasteiger partial charge in [-0.15, -0.1) is 0 Å². The van der Waals surface area contributed by atoms with Crippen LogP contribution in [0.2, 0.25) is 0 Å². The molecule has 0 amide bonds. The molecule has 2 fully saturated rings. The first-order valence-electron chi connectivity index (χ1n) is 11.1. The minimum Gasteiger partial charge on any atom is -0.460 e. The van der Waals surface area contributed by atoms with Gasteiger partial charge in [0.1, 0.15) is 18.9 Å². The van der Waals surface area contributed by atoms with Gasteiger partial charge >= 0.3 is 5.97 Å². The molecule has 8 heteroatoms. The van der Waals surface area contributed by atoms with Gasteiger partial charge in [-0.2, -0.15) is 0 Å². The number of carbonyl (C=O) groups is 1. The third-order valence-corrected chi connectivity index (χ3v) is 6.50. The van der Waals surface area contributed by atoms with E-state index in [-0.39, 0.29) is 24.7 Å². The highest BCUT2D eigenvalue weighted by molar-refractivity contribution is 5.94. The molecule has 170 valence electrons. The van der Waals surface area contributed by atoms with Crippen LogP contribution in [0.4, 0.5) is 15.8 Å². The summed E-state index contributed by atoms with van der Waals surface area (Å²) < 4.78 is 20.0. The third-order valence-electron chi connectivity index (χ3n) is 6.50. The van der Waals surface area contributed by atoms with Crippen molar-refractivity contribution in [3.63, 3.8) is 0 Å². The molecule has 32 heavy (non-hydrogen) atoms. The number of nitrogens with zero attached hydrogens (tertiary/aromatic N) is 3. The fourth-order valence-corrected chi connectivity index (χ4v) is 4.57. The van der Waals surface area contributed by atoms with E-state index in [0.717, 1.165) is 44.7 Å². The Hall–Kier alpha value is -3.16. The van der Waals surface area contributed by atoms with E-state index < -0.39 is 5.97 Å². The first-order chi connectivity index (χ1) is 15.4. The molecule has 0 spiro atoms. The Morgan fingerprint density at radius 3 is 2.59 bits per heavy atom. The Morgan fingerprint density at radius 2 is 1.94 bits per heavy atom. The van der Waals surface area contributed by atoms with E-state index in [9.17, 15) is 9.18 Å². The number of aromatic nitrogens is 1. The maximum Gasteiger partial charge on any atom is 0.313 e. The summed E-state index contributed by atoms with van der Waals surface area (Å²) in [5.74, 6) is -0.0102. The predicted octanol–water partition coefficient (Wildman–Crippen LogP) is 3.25. The zero-order chi connectivity index (χ0) is 22.7. The van der Waals surface area contributed by atoms with Crippen LogP contribution < -0.4 is 15.5 Å². The van der Waals surface area contributed by atoms with Gasteiger partial charge in [0, 0.05) is 37.4 Å². The van der Waals surface area contributed by atoms with Crippen LogP contribution in [0.1, 0.15) is 30.5 Å². The molecule has 2 aliphatic heterocycles. The minimum absolute atomic E-state index is 0.157. The average Bonchev–Trinajstić information content (AvgIpc) is 2.74. The van der Waals surface area contributed by atoms with Crippen molar-refractivity contribution in [3.8, 4) is 0 Å². The molecular formula is C24H30FN5O2. The van der Waals surface area contributed by atoms with E-state index in [2.05, 4.69) is 26.9 Å². The van der Waals surface area contributed by atoms with Gasteiger partial charge in [0.25, 0.3) is 0 Å². The number of carbonyl (C=O) groups excluding carboxylic acids is 1. The SMILES string of the molecule is Cc1ccc(N2CCC(C3CN(c4cccc(COC(=O)CC(=N)N)c4F)C3)CC2)cn1. The second-order valence-electron chi connectivity index (χ2n) is 8.76. The largest absolute Gasteiger partial charge is 0.460 e. The maximum atomic E-state index is 15.0. The second kappa shape index (κ2) is 9.54. The quantitative estimate of drug-likeness (QED) is 0.391. The molecule has 4 rings (SSSR count). The van der Waals surface area contributed by atoms with Gasteiger partial charge in [-0.3, -0.25) is 15.2 Å². The van der Waals surface area contributed by atoms with E-state index in [4.69, 9.17) is 15.9 Å². The molecular weight excluding hydrogens is 409 g/mol. The molecule has 0 saturated carbocycles. The van der Waals surface area contributed by atoms with Crippen LogP contribution in [0.5, 0.6) is 0 Å². The lowest BCUT2D eigenvalue weighted by atomic mass is 9.79. The van der Waals surface area contributed by atoms with E-state index in [1.54, 1.807) is 18.2 Å². The monoisotopic (exact) mass is 439 g/mol. The third kappa shape index (κ3) is 5.00. The lowest BCUT2D eigenvalue weighted by Gasteiger charge is -2.47. The number of hydrogen-bond acceptors (Lipinski definition) is 6. The number of rotatable bonds is 7. The number of amidine groups is 1. The van der Waals surface area contributed by atoms with Crippen molar-refractivity contribution < 1.29 is 13.9 Å². The molecule has 2 saturated heterocycles. The van der Waals surface area contributed by atoms with Crippen LogP contribution in [0, 0.1) is 30.0 Å². The molecule has 0 radical (unpaired) electrons. The Bertz CT molecular complexity index is 967. The van der Waals surface area contributed by atoms with Crippen molar-refractivity contribution in [2.75, 3.05) is 36.0 Å².